The molecule has 0 saturated carbocycles. The van der Waals surface area contributed by atoms with Crippen LogP contribution < -0.4 is 5.32 Å². The van der Waals surface area contributed by atoms with Crippen LogP contribution in [0.3, 0.4) is 0 Å². The largest absolute Gasteiger partial charge is 0.481 e. The molecule has 22 N–H and O–H groups in total. The third kappa shape index (κ3) is 21.0. The van der Waals surface area contributed by atoms with Crippen molar-refractivity contribution in [1.82, 2.24) is 5.32 Å². The van der Waals surface area contributed by atoms with Gasteiger partial charge in [0.15, 0.2) is 44.0 Å². The summed E-state index contributed by atoms with van der Waals surface area (Å²) in [4.78, 5) is 48.7. The van der Waals surface area contributed by atoms with Gasteiger partial charge in [-0.3, -0.25) is 19.2 Å². The van der Waals surface area contributed by atoms with Crippen molar-refractivity contribution < 1.29 is 202 Å². The lowest BCUT2D eigenvalue weighted by Gasteiger charge is -2.50. The van der Waals surface area contributed by atoms with Gasteiger partial charge in [0.2, 0.25) is 0 Å². The first-order chi connectivity index (χ1) is 49.0. The van der Waals surface area contributed by atoms with Crippen LogP contribution >= 0.6 is 23.5 Å². The highest BCUT2D eigenvalue weighted by atomic mass is 32.2. The van der Waals surface area contributed by atoms with Gasteiger partial charge < -0.3 is 188 Å². The molecule has 596 valence electrons. The van der Waals surface area contributed by atoms with E-state index in [0.29, 0.717) is 0 Å². The lowest BCUT2D eigenvalue weighted by atomic mass is 9.95. The number of carboxylic acid groups (broad SMARTS) is 2. The molecule has 0 aromatic rings. The summed E-state index contributed by atoms with van der Waals surface area (Å²) in [5.74, 6) is -6.08. The first-order valence-electron chi connectivity index (χ1n) is 33.2. The summed E-state index contributed by atoms with van der Waals surface area (Å²) in [6, 6.07) is -1.18. The Kier molecular flexibility index (Phi) is 33.4. The molecule has 0 spiro atoms. The van der Waals surface area contributed by atoms with E-state index in [4.69, 9.17) is 75.8 Å². The molecule has 15 unspecified atom stereocenters. The predicted molar refractivity (Wildman–Crippen MR) is 332 cm³/mol. The zero-order valence-electron chi connectivity index (χ0n) is 55.5. The molecular formula is C59H97NO41S2. The zero-order chi connectivity index (χ0) is 75.4. The number of carbonyl (C=O) groups is 4. The van der Waals surface area contributed by atoms with Gasteiger partial charge >= 0.3 is 11.9 Å². The fourth-order valence-corrected chi connectivity index (χ4v) is 15.0. The molecule has 21 aliphatic rings. The van der Waals surface area contributed by atoms with Gasteiger partial charge in [-0.2, -0.15) is 23.5 Å². The highest BCUT2D eigenvalue weighted by Crippen LogP contribution is 2.40. The highest BCUT2D eigenvalue weighted by molar-refractivity contribution is 7.99. The average molecular weight is 1540 g/mol. The lowest BCUT2D eigenvalue weighted by Crippen LogP contribution is -2.68. The second-order valence-corrected chi connectivity index (χ2v) is 27.9. The maximum Gasteiger partial charge on any atom is 0.321 e. The van der Waals surface area contributed by atoms with Gasteiger partial charge in [0, 0.05) is 42.3 Å². The molecule has 21 aliphatic heterocycles. The van der Waals surface area contributed by atoms with E-state index in [1.807, 2.05) is 0 Å². The third-order valence-electron chi connectivity index (χ3n) is 18.6. The second kappa shape index (κ2) is 40.0. The van der Waals surface area contributed by atoms with Crippen molar-refractivity contribution in [3.8, 4) is 0 Å². The van der Waals surface area contributed by atoms with Crippen molar-refractivity contribution in [1.29, 1.82) is 0 Å². The van der Waals surface area contributed by atoms with Crippen LogP contribution in [0.15, 0.2) is 0 Å². The lowest BCUT2D eigenvalue weighted by molar-refractivity contribution is -0.395. The number of aliphatic hydroxyl groups is 19. The Morgan fingerprint density at radius 1 is 0.350 bits per heavy atom. The first kappa shape index (κ1) is 86.1. The minimum absolute atomic E-state index is 0.0645. The number of aliphatic carboxylic acids is 2. The quantitative estimate of drug-likeness (QED) is 0.0340. The van der Waals surface area contributed by atoms with Gasteiger partial charge in [-0.15, -0.1) is 0 Å². The van der Waals surface area contributed by atoms with E-state index in [2.05, 4.69) is 5.32 Å². The normalized spacial score (nSPS) is 44.9. The Morgan fingerprint density at radius 2 is 0.602 bits per heavy atom. The Labute approximate surface area is 595 Å². The summed E-state index contributed by atoms with van der Waals surface area (Å²) in [6.45, 7) is -3.91. The van der Waals surface area contributed by atoms with Gasteiger partial charge in [0.1, 0.15) is 176 Å². The number of nitrogens with one attached hydrogen (secondary N) is 1. The third-order valence-corrected chi connectivity index (χ3v) is 20.9. The molecule has 14 bridgehead atoms. The molecule has 0 aromatic heterocycles. The van der Waals surface area contributed by atoms with Gasteiger partial charge in [-0.1, -0.05) is 0 Å². The SMILES string of the molecule is CNC(CSCC1O[C@H]2O[C@@H]3C(CO)O[C@H](O[C@@H]4C(CO)O[C@H](O[C@@H]5C(CO)O[C@@H](O[C@@H]6C(CSC[C@@H](CC(=O)CCOCCOCCC(C)=O)C(=O)O)O[C@H](O[C@@H]7C(CO)O[C@@H](O[C@@H]8C(CO)O[C@@H](O[C@H]1[C@H](O)C2O)C(O)[C@H]8O)C(O)[C@H]7O)C(O)[C@H]6O)C(O)[C@H]5O)C(O)[C@H]4O)C(O)[C@H]3O)C(=O)O. The molecule has 44 heteroatoms. The molecule has 0 radical (unpaired) electrons. The fraction of sp³-hybridized carbons (Fsp3) is 0.932. The van der Waals surface area contributed by atoms with E-state index in [1.54, 1.807) is 0 Å². The predicted octanol–water partition coefficient (Wildman–Crippen LogP) is -13.0. The molecule has 103 heavy (non-hydrogen) atoms. The summed E-state index contributed by atoms with van der Waals surface area (Å²) in [5.41, 5.74) is 0. The number of ether oxygens (including phenoxy) is 16. The molecule has 21 saturated heterocycles. The van der Waals surface area contributed by atoms with Crippen LogP contribution in [0, 0.1) is 5.92 Å². The number of hydrogen-bond donors (Lipinski definition) is 22. The number of rotatable bonds is 27. The van der Waals surface area contributed by atoms with E-state index < -0.39 is 290 Å². The van der Waals surface area contributed by atoms with E-state index >= 15 is 0 Å². The van der Waals surface area contributed by atoms with Crippen LogP contribution in [0.4, 0.5) is 0 Å². The molecule has 21 rings (SSSR count). The maximum absolute atomic E-state index is 13.0. The number of ketones is 2. The minimum atomic E-state index is -2.31. The molecule has 42 nitrogen and oxygen atoms in total. The van der Waals surface area contributed by atoms with Crippen molar-refractivity contribution in [2.75, 3.05) is 89.5 Å². The van der Waals surface area contributed by atoms with Crippen molar-refractivity contribution >= 4 is 47.0 Å². The molecule has 0 aromatic carbocycles. The van der Waals surface area contributed by atoms with Gasteiger partial charge in [-0.05, 0) is 14.0 Å². The topological polar surface area (TPSA) is 653 Å². The van der Waals surface area contributed by atoms with Crippen LogP contribution in [0.1, 0.15) is 26.2 Å². The van der Waals surface area contributed by atoms with Crippen LogP contribution in [0.25, 0.3) is 0 Å². The summed E-state index contributed by atoms with van der Waals surface area (Å²) in [7, 11) is 1.35. The number of thioether (sulfide) groups is 2. The maximum atomic E-state index is 13.0. The smallest absolute Gasteiger partial charge is 0.321 e. The molecule has 37 atom stereocenters. The first-order valence-corrected chi connectivity index (χ1v) is 35.5. The Bertz CT molecular complexity index is 2610. The van der Waals surface area contributed by atoms with Gasteiger partial charge in [0.25, 0.3) is 0 Å². The van der Waals surface area contributed by atoms with Crippen molar-refractivity contribution in [3.63, 3.8) is 0 Å². The van der Waals surface area contributed by atoms with E-state index in [1.165, 1.54) is 14.0 Å². The van der Waals surface area contributed by atoms with Crippen LogP contribution in [0.2, 0.25) is 0 Å². The van der Waals surface area contributed by atoms with Crippen molar-refractivity contribution in [3.05, 3.63) is 0 Å². The van der Waals surface area contributed by atoms with E-state index in [0.717, 1.165) is 23.5 Å². The van der Waals surface area contributed by atoms with E-state index in [9.17, 15) is 126 Å². The van der Waals surface area contributed by atoms with Crippen molar-refractivity contribution in [2.24, 2.45) is 5.92 Å². The molecule has 0 amide bonds. The van der Waals surface area contributed by atoms with E-state index in [-0.39, 0.29) is 62.3 Å². The van der Waals surface area contributed by atoms with Crippen LogP contribution in [-0.2, 0) is 95.0 Å². The summed E-state index contributed by atoms with van der Waals surface area (Å²) < 4.78 is 93.3. The summed E-state index contributed by atoms with van der Waals surface area (Å²) in [6.07, 6.45) is -73.1. The molecular weight excluding hydrogens is 1440 g/mol. The highest BCUT2D eigenvalue weighted by Gasteiger charge is 2.60. The average Bonchev–Trinajstić information content (AvgIpc) is 0.785. The Morgan fingerprint density at radius 3 is 0.845 bits per heavy atom. The number of Topliss-reactive ketones (excluding diaryl/α,β-unsaturated/α-hetero) is 2. The minimum Gasteiger partial charge on any atom is -0.481 e. The number of carbonyl (C=O) groups excluding carboxylic acids is 2. The molecule has 21 fully saturated rings. The number of likely N-dealkylation sites (N-methyl/N-ethyl adjacent to an activating group) is 1. The van der Waals surface area contributed by atoms with Crippen molar-refractivity contribution in [2.45, 2.75) is 247 Å². The number of carboxylic acids is 2. The monoisotopic (exact) mass is 1540 g/mol. The molecule has 0 aliphatic carbocycles. The van der Waals surface area contributed by atoms with Crippen LogP contribution in [-0.4, -0.2) is 441 Å². The Hall–Kier alpha value is -2.46. The fourth-order valence-electron chi connectivity index (χ4n) is 12.6. The Balaban J connectivity index is 1.08. The molecule has 21 heterocycles. The summed E-state index contributed by atoms with van der Waals surface area (Å²) >= 11 is 1.66. The van der Waals surface area contributed by atoms with Gasteiger partial charge in [-0.25, -0.2) is 0 Å². The number of hydrogen-bond acceptors (Lipinski definition) is 42. The standard InChI is InChI=1S/C59H97NO41S2/c1-19(66)3-5-86-7-8-87-6-4-21(67)9-20(51(82)83)15-102-17-28-49-35(73)42(80)58(93-28)98-47-26(13-64)89-55(38(76)31(47)69)97-46-25(12-63)92-57(41(79)34(46)72)101-50-29(18-103-16-22(60-2)52(84)85)94-59(43(81)36(50)74)99-48-27(14-65)90-54(39(77)32(48)70)95-44-23(10-61)88-53(37(75)30(44)68)96-45-24(11-62)91-56(100-49)40(78)33(45)71/h20,22-50,53-65,68-81H,3-18H2,1-2H3,(H,82,83)(H,84,85)/t20-,22?,23?,24?,25?,26?,27?,28?,29?,30-,31-,32-,33-,34-,35-,36-,37?,38?,39?,40?,41?,42?,43?,44-,45-,46-,47-,48-,49-,50-,53-,54-,55+,56+,57+,58-,59+/m1/s1. The van der Waals surface area contributed by atoms with Crippen LogP contribution in [0.5, 0.6) is 0 Å². The zero-order valence-corrected chi connectivity index (χ0v) is 57.2. The van der Waals surface area contributed by atoms with Gasteiger partial charge in [0.05, 0.1) is 77.6 Å². The number of aliphatic hydroxyl groups excluding tert-OH is 19. The summed E-state index contributed by atoms with van der Waals surface area (Å²) in [5, 5.41) is 239. The second-order valence-electron chi connectivity index (χ2n) is 25.7.